The van der Waals surface area contributed by atoms with Crippen LogP contribution in [0.15, 0.2) is 24.3 Å². The summed E-state index contributed by atoms with van der Waals surface area (Å²) in [6.07, 6.45) is 2.48. The first-order valence-corrected chi connectivity index (χ1v) is 7.47. The van der Waals surface area contributed by atoms with Crippen LogP contribution >= 0.6 is 0 Å². The highest BCUT2D eigenvalue weighted by Gasteiger charge is 2.22. The molecule has 1 aromatic carbocycles. The number of hydrogen-bond donors (Lipinski definition) is 2. The van der Waals surface area contributed by atoms with Crippen molar-refractivity contribution in [3.05, 3.63) is 29.8 Å². The third kappa shape index (κ3) is 3.95. The van der Waals surface area contributed by atoms with E-state index < -0.39 is 0 Å². The number of hydrogen-bond acceptors (Lipinski definition) is 4. The summed E-state index contributed by atoms with van der Waals surface area (Å²) in [7, 11) is 1.69. The van der Waals surface area contributed by atoms with E-state index in [2.05, 4.69) is 29.3 Å². The van der Waals surface area contributed by atoms with Crippen molar-refractivity contribution in [1.29, 1.82) is 0 Å². The maximum absolute atomic E-state index is 9.32. The summed E-state index contributed by atoms with van der Waals surface area (Å²) in [5, 5.41) is 12.8. The molecule has 0 saturated carbocycles. The molecule has 2 atom stereocenters. The van der Waals surface area contributed by atoms with Crippen LogP contribution in [0, 0.1) is 0 Å². The van der Waals surface area contributed by atoms with Gasteiger partial charge in [0.25, 0.3) is 0 Å². The first-order valence-electron chi connectivity index (χ1n) is 7.47. The van der Waals surface area contributed by atoms with Crippen LogP contribution in [0.5, 0.6) is 5.75 Å². The average molecular weight is 278 g/mol. The third-order valence-corrected chi connectivity index (χ3v) is 4.13. The quantitative estimate of drug-likeness (QED) is 0.798. The van der Waals surface area contributed by atoms with E-state index in [1.165, 1.54) is 18.4 Å². The summed E-state index contributed by atoms with van der Waals surface area (Å²) < 4.78 is 5.30. The second-order valence-corrected chi connectivity index (χ2v) is 5.46. The number of nitrogens with one attached hydrogen (secondary N) is 1. The molecule has 2 N–H and O–H groups in total. The van der Waals surface area contributed by atoms with Gasteiger partial charge in [-0.1, -0.05) is 12.1 Å². The lowest BCUT2D eigenvalue weighted by Crippen LogP contribution is -2.40. The van der Waals surface area contributed by atoms with E-state index >= 15 is 0 Å². The van der Waals surface area contributed by atoms with Crippen LogP contribution in [0.4, 0.5) is 0 Å². The van der Waals surface area contributed by atoms with Crippen molar-refractivity contribution in [2.24, 2.45) is 0 Å². The first-order chi connectivity index (χ1) is 9.74. The minimum Gasteiger partial charge on any atom is -0.497 e. The number of ether oxygens (including phenoxy) is 1. The van der Waals surface area contributed by atoms with E-state index in [0.717, 1.165) is 18.8 Å². The van der Waals surface area contributed by atoms with Gasteiger partial charge in [0.05, 0.1) is 13.7 Å². The number of methoxy groups -OCH3 is 1. The summed E-state index contributed by atoms with van der Waals surface area (Å²) in [4.78, 5) is 2.35. The predicted octanol–water partition coefficient (Wildman–Crippen LogP) is 1.80. The van der Waals surface area contributed by atoms with E-state index in [-0.39, 0.29) is 12.6 Å². The van der Waals surface area contributed by atoms with Gasteiger partial charge in [-0.05, 0) is 44.0 Å². The number of aliphatic hydroxyl groups is 1. The predicted molar refractivity (Wildman–Crippen MR) is 81.1 cm³/mol. The van der Waals surface area contributed by atoms with Gasteiger partial charge >= 0.3 is 0 Å². The van der Waals surface area contributed by atoms with Crippen molar-refractivity contribution in [2.45, 2.75) is 31.8 Å². The first kappa shape index (κ1) is 15.3. The molecule has 112 valence electrons. The summed E-state index contributed by atoms with van der Waals surface area (Å²) in [5.74, 6) is 0.886. The van der Waals surface area contributed by atoms with Crippen molar-refractivity contribution in [3.63, 3.8) is 0 Å². The molecule has 4 nitrogen and oxygen atoms in total. The molecule has 0 amide bonds. The minimum atomic E-state index is 0.195. The average Bonchev–Trinajstić information content (AvgIpc) is 2.99. The van der Waals surface area contributed by atoms with E-state index in [4.69, 9.17) is 4.74 Å². The van der Waals surface area contributed by atoms with Gasteiger partial charge in [-0.15, -0.1) is 0 Å². The Morgan fingerprint density at radius 3 is 3.00 bits per heavy atom. The molecule has 0 bridgehead atoms. The fourth-order valence-corrected chi connectivity index (χ4v) is 2.88. The Morgan fingerprint density at radius 1 is 1.50 bits per heavy atom. The molecule has 1 aromatic rings. The Hall–Kier alpha value is -1.10. The maximum Gasteiger partial charge on any atom is 0.119 e. The van der Waals surface area contributed by atoms with Crippen molar-refractivity contribution < 1.29 is 9.84 Å². The van der Waals surface area contributed by atoms with Crippen molar-refractivity contribution in [1.82, 2.24) is 10.2 Å². The molecule has 2 rings (SSSR count). The van der Waals surface area contributed by atoms with Gasteiger partial charge in [0.15, 0.2) is 0 Å². The van der Waals surface area contributed by atoms with E-state index in [9.17, 15) is 5.11 Å². The molecule has 1 aliphatic heterocycles. The molecule has 0 spiro atoms. The Morgan fingerprint density at radius 2 is 2.35 bits per heavy atom. The van der Waals surface area contributed by atoms with Gasteiger partial charge in [-0.2, -0.15) is 0 Å². The molecule has 2 unspecified atom stereocenters. The zero-order valence-corrected chi connectivity index (χ0v) is 12.5. The van der Waals surface area contributed by atoms with Gasteiger partial charge in [0.1, 0.15) is 5.75 Å². The molecule has 0 aromatic heterocycles. The lowest BCUT2D eigenvalue weighted by molar-refractivity contribution is 0.147. The fraction of sp³-hybridized carbons (Fsp3) is 0.625. The van der Waals surface area contributed by atoms with E-state index in [1.54, 1.807) is 7.11 Å². The van der Waals surface area contributed by atoms with Crippen LogP contribution < -0.4 is 10.1 Å². The van der Waals surface area contributed by atoms with Gasteiger partial charge < -0.3 is 15.2 Å². The lowest BCUT2D eigenvalue weighted by atomic mass is 10.1. The van der Waals surface area contributed by atoms with Gasteiger partial charge in [0.2, 0.25) is 0 Å². The monoisotopic (exact) mass is 278 g/mol. The van der Waals surface area contributed by atoms with Crippen LogP contribution in [0.2, 0.25) is 0 Å². The maximum atomic E-state index is 9.32. The van der Waals surface area contributed by atoms with Crippen LogP contribution in [0.1, 0.15) is 31.4 Å². The molecule has 20 heavy (non-hydrogen) atoms. The highest BCUT2D eigenvalue weighted by atomic mass is 16.5. The van der Waals surface area contributed by atoms with Crippen LogP contribution in [-0.2, 0) is 0 Å². The number of aliphatic hydroxyl groups excluding tert-OH is 1. The highest BCUT2D eigenvalue weighted by Crippen LogP contribution is 2.24. The Kier molecular flexibility index (Phi) is 5.83. The molecule has 0 aliphatic carbocycles. The zero-order chi connectivity index (χ0) is 14.4. The molecular weight excluding hydrogens is 252 g/mol. The third-order valence-electron chi connectivity index (χ3n) is 4.13. The van der Waals surface area contributed by atoms with E-state index in [0.29, 0.717) is 12.6 Å². The fourth-order valence-electron chi connectivity index (χ4n) is 2.88. The Labute approximate surface area is 121 Å². The van der Waals surface area contributed by atoms with Crippen LogP contribution in [0.25, 0.3) is 0 Å². The second kappa shape index (κ2) is 7.62. The topological polar surface area (TPSA) is 44.7 Å². The Balaban J connectivity index is 2.05. The molecule has 1 aliphatic rings. The minimum absolute atomic E-state index is 0.195. The van der Waals surface area contributed by atoms with Gasteiger partial charge in [-0.3, -0.25) is 4.90 Å². The Bertz CT molecular complexity index is 405. The van der Waals surface area contributed by atoms with E-state index in [1.807, 2.05) is 12.1 Å². The van der Waals surface area contributed by atoms with Crippen molar-refractivity contribution >= 4 is 0 Å². The number of nitrogens with zero attached hydrogens (tertiary/aromatic N) is 1. The molecule has 1 saturated heterocycles. The van der Waals surface area contributed by atoms with Gasteiger partial charge in [-0.25, -0.2) is 0 Å². The molecule has 1 fully saturated rings. The smallest absolute Gasteiger partial charge is 0.119 e. The van der Waals surface area contributed by atoms with Crippen LogP contribution in [-0.4, -0.2) is 49.4 Å². The summed E-state index contributed by atoms with van der Waals surface area (Å²) in [6, 6.07) is 9.02. The largest absolute Gasteiger partial charge is 0.497 e. The summed E-state index contributed by atoms with van der Waals surface area (Å²) in [5.41, 5.74) is 1.23. The van der Waals surface area contributed by atoms with Crippen molar-refractivity contribution in [2.75, 3.05) is 33.4 Å². The lowest BCUT2D eigenvalue weighted by Gasteiger charge is -2.31. The highest BCUT2D eigenvalue weighted by molar-refractivity contribution is 5.30. The second-order valence-electron chi connectivity index (χ2n) is 5.46. The van der Waals surface area contributed by atoms with Crippen molar-refractivity contribution in [3.8, 4) is 5.75 Å². The standard InChI is InChI=1S/C16H26N2O2/c1-13(14-5-3-7-16(11-14)20-2)18(9-10-19)12-15-6-4-8-17-15/h3,5,7,11,13,15,17,19H,4,6,8-10,12H2,1-2H3. The zero-order valence-electron chi connectivity index (χ0n) is 12.5. The van der Waals surface area contributed by atoms with Crippen LogP contribution in [0.3, 0.4) is 0 Å². The number of benzene rings is 1. The molecule has 4 heteroatoms. The molecule has 0 radical (unpaired) electrons. The SMILES string of the molecule is COc1cccc(C(C)N(CCO)CC2CCCN2)c1. The summed E-state index contributed by atoms with van der Waals surface area (Å²) in [6.45, 7) is 5.20. The molecular formula is C16H26N2O2. The van der Waals surface area contributed by atoms with Gasteiger partial charge in [0, 0.05) is 25.2 Å². The molecule has 1 heterocycles. The summed E-state index contributed by atoms with van der Waals surface area (Å²) >= 11 is 0. The normalized spacial score (nSPS) is 20.3. The number of rotatable bonds is 7.